The smallest absolute Gasteiger partial charge is 0.244 e. The second-order valence-electron chi connectivity index (χ2n) is 3.61. The topological polar surface area (TPSA) is 70.2 Å². The number of hydrogen-bond donors (Lipinski definition) is 2. The summed E-state index contributed by atoms with van der Waals surface area (Å²) in [5, 5.41) is 5.85. The highest BCUT2D eigenvalue weighted by Crippen LogP contribution is 2.07. The molecule has 0 radical (unpaired) electrons. The SMILES string of the molecule is CNc1nccc(NC(C)C(=O)N(C)C)n1. The maximum Gasteiger partial charge on any atom is 0.244 e. The summed E-state index contributed by atoms with van der Waals surface area (Å²) in [5.41, 5.74) is 0. The van der Waals surface area contributed by atoms with Crippen molar-refractivity contribution in [2.75, 3.05) is 31.8 Å². The van der Waals surface area contributed by atoms with Gasteiger partial charge in [-0.05, 0) is 13.0 Å². The zero-order valence-corrected chi connectivity index (χ0v) is 9.98. The number of nitrogens with one attached hydrogen (secondary N) is 2. The summed E-state index contributed by atoms with van der Waals surface area (Å²) in [6.07, 6.45) is 1.63. The van der Waals surface area contributed by atoms with E-state index in [0.29, 0.717) is 11.8 Å². The Morgan fingerprint density at radius 3 is 2.75 bits per heavy atom. The lowest BCUT2D eigenvalue weighted by molar-refractivity contribution is -0.129. The first-order valence-corrected chi connectivity index (χ1v) is 5.03. The van der Waals surface area contributed by atoms with Crippen LogP contribution in [0.25, 0.3) is 0 Å². The van der Waals surface area contributed by atoms with Gasteiger partial charge in [0.15, 0.2) is 0 Å². The third-order valence-corrected chi connectivity index (χ3v) is 2.05. The largest absolute Gasteiger partial charge is 0.358 e. The number of carbonyl (C=O) groups is 1. The van der Waals surface area contributed by atoms with Gasteiger partial charge in [0, 0.05) is 27.3 Å². The number of nitrogens with zero attached hydrogens (tertiary/aromatic N) is 3. The molecule has 1 atom stereocenters. The van der Waals surface area contributed by atoms with Gasteiger partial charge in [-0.1, -0.05) is 0 Å². The number of hydrogen-bond acceptors (Lipinski definition) is 5. The first-order valence-electron chi connectivity index (χ1n) is 5.03. The Hall–Kier alpha value is -1.85. The molecule has 0 aromatic carbocycles. The van der Waals surface area contributed by atoms with Crippen molar-refractivity contribution in [1.29, 1.82) is 0 Å². The fourth-order valence-electron chi connectivity index (χ4n) is 1.23. The van der Waals surface area contributed by atoms with Gasteiger partial charge < -0.3 is 15.5 Å². The quantitative estimate of drug-likeness (QED) is 0.773. The van der Waals surface area contributed by atoms with Crippen LogP contribution < -0.4 is 10.6 Å². The third-order valence-electron chi connectivity index (χ3n) is 2.05. The van der Waals surface area contributed by atoms with E-state index in [9.17, 15) is 4.79 Å². The Labute approximate surface area is 95.1 Å². The van der Waals surface area contributed by atoms with Crippen LogP contribution in [0.5, 0.6) is 0 Å². The summed E-state index contributed by atoms with van der Waals surface area (Å²) in [6.45, 7) is 1.80. The standard InChI is InChI=1S/C10H17N5O/c1-7(9(16)15(3)4)13-8-5-6-12-10(11-2)14-8/h5-7H,1-4H3,(H2,11,12,13,14). The minimum Gasteiger partial charge on any atom is -0.358 e. The van der Waals surface area contributed by atoms with E-state index in [1.165, 1.54) is 4.90 Å². The number of carbonyl (C=O) groups excluding carboxylic acids is 1. The highest BCUT2D eigenvalue weighted by Gasteiger charge is 2.14. The van der Waals surface area contributed by atoms with Gasteiger partial charge in [0.25, 0.3) is 0 Å². The Bertz CT molecular complexity index is 366. The van der Waals surface area contributed by atoms with Crippen molar-refractivity contribution in [3.8, 4) is 0 Å². The van der Waals surface area contributed by atoms with E-state index in [1.807, 2.05) is 0 Å². The highest BCUT2D eigenvalue weighted by atomic mass is 16.2. The maximum atomic E-state index is 11.6. The van der Waals surface area contributed by atoms with Gasteiger partial charge in [-0.15, -0.1) is 0 Å². The molecule has 0 aliphatic rings. The first-order chi connectivity index (χ1) is 7.54. The number of amides is 1. The summed E-state index contributed by atoms with van der Waals surface area (Å²) in [4.78, 5) is 21.3. The molecule has 0 saturated carbocycles. The molecule has 1 unspecified atom stereocenters. The van der Waals surface area contributed by atoms with Gasteiger partial charge in [-0.3, -0.25) is 4.79 Å². The summed E-state index contributed by atoms with van der Waals surface area (Å²) in [7, 11) is 5.19. The van der Waals surface area contributed by atoms with Crippen molar-refractivity contribution in [2.45, 2.75) is 13.0 Å². The minimum absolute atomic E-state index is 0.00428. The molecule has 16 heavy (non-hydrogen) atoms. The zero-order valence-electron chi connectivity index (χ0n) is 9.98. The fourth-order valence-corrected chi connectivity index (χ4v) is 1.23. The van der Waals surface area contributed by atoms with E-state index in [1.54, 1.807) is 40.3 Å². The highest BCUT2D eigenvalue weighted by molar-refractivity contribution is 5.83. The molecule has 1 heterocycles. The number of likely N-dealkylation sites (N-methyl/N-ethyl adjacent to an activating group) is 1. The van der Waals surface area contributed by atoms with Crippen molar-refractivity contribution in [1.82, 2.24) is 14.9 Å². The number of rotatable bonds is 4. The van der Waals surface area contributed by atoms with Crippen molar-refractivity contribution < 1.29 is 4.79 Å². The van der Waals surface area contributed by atoms with E-state index in [0.717, 1.165) is 0 Å². The predicted molar refractivity (Wildman–Crippen MR) is 63.4 cm³/mol. The van der Waals surface area contributed by atoms with E-state index in [4.69, 9.17) is 0 Å². The second kappa shape index (κ2) is 5.29. The van der Waals surface area contributed by atoms with Crippen molar-refractivity contribution in [3.63, 3.8) is 0 Å². The molecule has 88 valence electrons. The van der Waals surface area contributed by atoms with E-state index < -0.39 is 0 Å². The Morgan fingerprint density at radius 1 is 1.50 bits per heavy atom. The predicted octanol–water partition coefficient (Wildman–Crippen LogP) is 0.407. The van der Waals surface area contributed by atoms with Crippen LogP contribution in [-0.2, 0) is 4.79 Å². The lowest BCUT2D eigenvalue weighted by Gasteiger charge is -2.18. The van der Waals surface area contributed by atoms with Gasteiger partial charge in [-0.2, -0.15) is 4.98 Å². The van der Waals surface area contributed by atoms with Gasteiger partial charge in [-0.25, -0.2) is 4.98 Å². The molecule has 0 saturated heterocycles. The third kappa shape index (κ3) is 3.08. The maximum absolute atomic E-state index is 11.6. The first kappa shape index (κ1) is 12.2. The van der Waals surface area contributed by atoms with Crippen LogP contribution in [0.2, 0.25) is 0 Å². The molecule has 1 amide bonds. The summed E-state index contributed by atoms with van der Waals surface area (Å²) < 4.78 is 0. The number of anilines is 2. The van der Waals surface area contributed by atoms with E-state index >= 15 is 0 Å². The molecule has 1 aromatic rings. The molecule has 0 aliphatic heterocycles. The molecule has 1 rings (SSSR count). The molecule has 0 bridgehead atoms. The molecule has 0 spiro atoms. The normalized spacial score (nSPS) is 11.8. The zero-order chi connectivity index (χ0) is 12.1. The average Bonchev–Trinajstić information content (AvgIpc) is 2.28. The van der Waals surface area contributed by atoms with Gasteiger partial charge >= 0.3 is 0 Å². The average molecular weight is 223 g/mol. The van der Waals surface area contributed by atoms with Crippen LogP contribution in [-0.4, -0.2) is 48.0 Å². The van der Waals surface area contributed by atoms with Gasteiger partial charge in [0.05, 0.1) is 0 Å². The second-order valence-corrected chi connectivity index (χ2v) is 3.61. The summed E-state index contributed by atoms with van der Waals surface area (Å²) in [6, 6.07) is 1.41. The van der Waals surface area contributed by atoms with Gasteiger partial charge in [0.2, 0.25) is 11.9 Å². The minimum atomic E-state index is -0.311. The van der Waals surface area contributed by atoms with Crippen molar-refractivity contribution >= 4 is 17.7 Å². The van der Waals surface area contributed by atoms with Crippen LogP contribution in [0.15, 0.2) is 12.3 Å². The molecule has 6 heteroatoms. The van der Waals surface area contributed by atoms with Crippen LogP contribution in [0.3, 0.4) is 0 Å². The number of aromatic nitrogens is 2. The van der Waals surface area contributed by atoms with E-state index in [-0.39, 0.29) is 11.9 Å². The van der Waals surface area contributed by atoms with Crippen LogP contribution in [0.4, 0.5) is 11.8 Å². The van der Waals surface area contributed by atoms with Crippen LogP contribution >= 0.6 is 0 Å². The van der Waals surface area contributed by atoms with Crippen LogP contribution in [0.1, 0.15) is 6.92 Å². The Balaban J connectivity index is 2.69. The molecular weight excluding hydrogens is 206 g/mol. The molecular formula is C10H17N5O. The Morgan fingerprint density at radius 2 is 2.19 bits per heavy atom. The summed E-state index contributed by atoms with van der Waals surface area (Å²) in [5.74, 6) is 1.15. The van der Waals surface area contributed by atoms with Gasteiger partial charge in [0.1, 0.15) is 11.9 Å². The Kier molecular flexibility index (Phi) is 4.04. The molecule has 0 fully saturated rings. The van der Waals surface area contributed by atoms with E-state index in [2.05, 4.69) is 20.6 Å². The fraction of sp³-hybridized carbons (Fsp3) is 0.500. The molecule has 2 N–H and O–H groups in total. The lowest BCUT2D eigenvalue weighted by Crippen LogP contribution is -2.36. The van der Waals surface area contributed by atoms with Crippen LogP contribution in [0, 0.1) is 0 Å². The molecule has 1 aromatic heterocycles. The van der Waals surface area contributed by atoms with Crippen molar-refractivity contribution in [3.05, 3.63) is 12.3 Å². The molecule has 0 aliphatic carbocycles. The monoisotopic (exact) mass is 223 g/mol. The summed E-state index contributed by atoms with van der Waals surface area (Å²) >= 11 is 0. The van der Waals surface area contributed by atoms with Crippen molar-refractivity contribution in [2.24, 2.45) is 0 Å². The lowest BCUT2D eigenvalue weighted by atomic mass is 10.3. The molecule has 6 nitrogen and oxygen atoms in total.